The number of hydrogen-bond acceptors (Lipinski definition) is 3. The van der Waals surface area contributed by atoms with Crippen molar-refractivity contribution in [3.8, 4) is 0 Å². The first-order chi connectivity index (χ1) is 8.63. The number of benzene rings is 1. The molecule has 1 aromatic heterocycles. The Kier molecular flexibility index (Phi) is 3.50. The molecule has 0 saturated heterocycles. The molecule has 0 aliphatic carbocycles. The Morgan fingerprint density at radius 3 is 2.89 bits per heavy atom. The van der Waals surface area contributed by atoms with Crippen LogP contribution in [-0.4, -0.2) is 20.8 Å². The summed E-state index contributed by atoms with van der Waals surface area (Å²) in [5, 5.41) is 7.57. The Hall–Kier alpha value is -2.04. The Morgan fingerprint density at radius 2 is 2.22 bits per heavy atom. The molecule has 0 amide bonds. The summed E-state index contributed by atoms with van der Waals surface area (Å²) in [4.78, 5) is 12.2. The molecule has 2 rings (SSSR count). The van der Waals surface area contributed by atoms with E-state index in [0.717, 1.165) is 6.42 Å². The summed E-state index contributed by atoms with van der Waals surface area (Å²) in [5.74, 6) is -0.636. The normalized spacial score (nSPS) is 10.6. The predicted octanol–water partition coefficient (Wildman–Crippen LogP) is 2.37. The van der Waals surface area contributed by atoms with Crippen molar-refractivity contribution < 1.29 is 9.18 Å². The zero-order valence-corrected chi connectivity index (χ0v) is 10.4. The van der Waals surface area contributed by atoms with Gasteiger partial charge in [0.2, 0.25) is 5.78 Å². The van der Waals surface area contributed by atoms with Crippen LogP contribution in [-0.2, 0) is 6.54 Å². The predicted molar refractivity (Wildman–Crippen MR) is 64.9 cm³/mol. The van der Waals surface area contributed by atoms with Gasteiger partial charge in [0.05, 0.1) is 6.20 Å². The molecule has 0 unspecified atom stereocenters. The van der Waals surface area contributed by atoms with E-state index in [1.165, 1.54) is 12.3 Å². The van der Waals surface area contributed by atoms with Crippen molar-refractivity contribution >= 4 is 5.78 Å². The topological polar surface area (TPSA) is 47.8 Å². The third kappa shape index (κ3) is 2.30. The van der Waals surface area contributed by atoms with Crippen molar-refractivity contribution in [2.24, 2.45) is 0 Å². The Morgan fingerprint density at radius 1 is 1.44 bits per heavy atom. The van der Waals surface area contributed by atoms with E-state index in [4.69, 9.17) is 0 Å². The van der Waals surface area contributed by atoms with Gasteiger partial charge in [-0.3, -0.25) is 4.79 Å². The van der Waals surface area contributed by atoms with Crippen molar-refractivity contribution in [3.05, 3.63) is 47.0 Å². The lowest BCUT2D eigenvalue weighted by molar-refractivity contribution is 0.102. The fourth-order valence-electron chi connectivity index (χ4n) is 1.69. The third-order valence-corrected chi connectivity index (χ3v) is 2.72. The van der Waals surface area contributed by atoms with E-state index >= 15 is 0 Å². The van der Waals surface area contributed by atoms with Crippen LogP contribution in [0, 0.1) is 12.7 Å². The minimum absolute atomic E-state index is 0.257. The van der Waals surface area contributed by atoms with Gasteiger partial charge in [0.1, 0.15) is 11.5 Å². The molecule has 0 aliphatic heterocycles. The van der Waals surface area contributed by atoms with Gasteiger partial charge < -0.3 is 0 Å². The first kappa shape index (κ1) is 12.4. The highest BCUT2D eigenvalue weighted by molar-refractivity contribution is 6.07. The Bertz CT molecular complexity index is 577. The lowest BCUT2D eigenvalue weighted by Gasteiger charge is -2.04. The molecule has 0 saturated carbocycles. The first-order valence-corrected chi connectivity index (χ1v) is 5.82. The number of carbonyl (C=O) groups excluding carboxylic acids is 1. The largest absolute Gasteiger partial charge is 0.287 e. The van der Waals surface area contributed by atoms with Crippen LogP contribution in [0.4, 0.5) is 4.39 Å². The standard InChI is InChI=1S/C13H14FN3O/c1-3-6-17-12(8-15-16-17)13(18)10-5-4-9(2)11(14)7-10/h4-5,7-8H,3,6H2,1-2H3. The molecule has 1 heterocycles. The van der Waals surface area contributed by atoms with Gasteiger partial charge in [-0.25, -0.2) is 9.07 Å². The second kappa shape index (κ2) is 5.08. The molecule has 1 aromatic carbocycles. The zero-order valence-electron chi connectivity index (χ0n) is 10.4. The molecule has 94 valence electrons. The van der Waals surface area contributed by atoms with Crippen molar-refractivity contribution in [2.75, 3.05) is 0 Å². The molecule has 0 N–H and O–H groups in total. The maximum atomic E-state index is 13.4. The number of rotatable bonds is 4. The lowest BCUT2D eigenvalue weighted by Crippen LogP contribution is -2.11. The van der Waals surface area contributed by atoms with Crippen molar-refractivity contribution in [1.29, 1.82) is 0 Å². The number of carbonyl (C=O) groups is 1. The fourth-order valence-corrected chi connectivity index (χ4v) is 1.69. The Labute approximate surface area is 104 Å². The number of aromatic nitrogens is 3. The average molecular weight is 247 g/mol. The van der Waals surface area contributed by atoms with Crippen molar-refractivity contribution in [1.82, 2.24) is 15.0 Å². The van der Waals surface area contributed by atoms with Crippen molar-refractivity contribution in [2.45, 2.75) is 26.8 Å². The van der Waals surface area contributed by atoms with E-state index < -0.39 is 0 Å². The summed E-state index contributed by atoms with van der Waals surface area (Å²) in [6.45, 7) is 4.27. The summed E-state index contributed by atoms with van der Waals surface area (Å²) in [6.07, 6.45) is 2.27. The smallest absolute Gasteiger partial charge is 0.212 e. The van der Waals surface area contributed by atoms with Crippen molar-refractivity contribution in [3.63, 3.8) is 0 Å². The summed E-state index contributed by atoms with van der Waals surface area (Å²) in [6, 6.07) is 4.46. The Balaban J connectivity index is 2.35. The van der Waals surface area contributed by atoms with Crippen LogP contribution in [0.5, 0.6) is 0 Å². The van der Waals surface area contributed by atoms with E-state index in [0.29, 0.717) is 23.4 Å². The SMILES string of the molecule is CCCn1nncc1C(=O)c1ccc(C)c(F)c1. The highest BCUT2D eigenvalue weighted by Crippen LogP contribution is 2.13. The van der Waals surface area contributed by atoms with E-state index in [1.807, 2.05) is 6.92 Å². The van der Waals surface area contributed by atoms with E-state index in [-0.39, 0.29) is 11.6 Å². The zero-order chi connectivity index (χ0) is 13.1. The van der Waals surface area contributed by atoms with Gasteiger partial charge in [-0.15, -0.1) is 5.10 Å². The van der Waals surface area contributed by atoms with Gasteiger partial charge >= 0.3 is 0 Å². The number of aryl methyl sites for hydroxylation is 2. The van der Waals surface area contributed by atoms with Crippen LogP contribution in [0.3, 0.4) is 0 Å². The molecule has 0 radical (unpaired) electrons. The van der Waals surface area contributed by atoms with Crippen LogP contribution in [0.15, 0.2) is 24.4 Å². The third-order valence-electron chi connectivity index (χ3n) is 2.72. The second-order valence-electron chi connectivity index (χ2n) is 4.14. The van der Waals surface area contributed by atoms with Gasteiger partial charge in [-0.1, -0.05) is 24.3 Å². The lowest BCUT2D eigenvalue weighted by atomic mass is 10.1. The molecule has 5 heteroatoms. The van der Waals surface area contributed by atoms with Crippen LogP contribution >= 0.6 is 0 Å². The molecule has 18 heavy (non-hydrogen) atoms. The van der Waals surface area contributed by atoms with Gasteiger partial charge in [0.25, 0.3) is 0 Å². The van der Waals surface area contributed by atoms with Gasteiger partial charge in [-0.2, -0.15) is 0 Å². The highest BCUT2D eigenvalue weighted by Gasteiger charge is 2.16. The van der Waals surface area contributed by atoms with Crippen LogP contribution in [0.25, 0.3) is 0 Å². The molecule has 0 bridgehead atoms. The van der Waals surface area contributed by atoms with E-state index in [9.17, 15) is 9.18 Å². The first-order valence-electron chi connectivity index (χ1n) is 5.82. The summed E-state index contributed by atoms with van der Waals surface area (Å²) in [5.41, 5.74) is 1.23. The minimum Gasteiger partial charge on any atom is -0.287 e. The molecule has 0 aliphatic rings. The molecular weight excluding hydrogens is 233 g/mol. The van der Waals surface area contributed by atoms with Crippen LogP contribution in [0.1, 0.15) is 35.0 Å². The molecule has 0 spiro atoms. The van der Waals surface area contributed by atoms with E-state index in [1.54, 1.807) is 23.7 Å². The molecular formula is C13H14FN3O. The number of hydrogen-bond donors (Lipinski definition) is 0. The highest BCUT2D eigenvalue weighted by atomic mass is 19.1. The number of ketones is 1. The van der Waals surface area contributed by atoms with Gasteiger partial charge in [-0.05, 0) is 25.0 Å². The van der Waals surface area contributed by atoms with E-state index in [2.05, 4.69) is 10.3 Å². The maximum absolute atomic E-state index is 13.4. The maximum Gasteiger partial charge on any atom is 0.212 e. The average Bonchev–Trinajstić information content (AvgIpc) is 2.80. The minimum atomic E-state index is -0.379. The van der Waals surface area contributed by atoms with Gasteiger partial charge in [0.15, 0.2) is 0 Å². The number of nitrogens with zero attached hydrogens (tertiary/aromatic N) is 3. The fraction of sp³-hybridized carbons (Fsp3) is 0.308. The molecule has 0 fully saturated rings. The quantitative estimate of drug-likeness (QED) is 0.779. The summed E-state index contributed by atoms with van der Waals surface area (Å²) < 4.78 is 15.0. The molecule has 4 nitrogen and oxygen atoms in total. The van der Waals surface area contributed by atoms with Gasteiger partial charge in [0, 0.05) is 12.1 Å². The van der Waals surface area contributed by atoms with Crippen LogP contribution in [0.2, 0.25) is 0 Å². The number of halogens is 1. The monoisotopic (exact) mass is 247 g/mol. The second-order valence-corrected chi connectivity index (χ2v) is 4.14. The van der Waals surface area contributed by atoms with Crippen LogP contribution < -0.4 is 0 Å². The summed E-state index contributed by atoms with van der Waals surface area (Å²) >= 11 is 0. The molecule has 0 atom stereocenters. The molecule has 2 aromatic rings. The summed E-state index contributed by atoms with van der Waals surface area (Å²) in [7, 11) is 0.